The molecule has 0 aliphatic carbocycles. The van der Waals surface area contributed by atoms with E-state index < -0.39 is 29.9 Å². The molecule has 1 heterocycles. The van der Waals surface area contributed by atoms with E-state index in [1.54, 1.807) is 6.07 Å². The van der Waals surface area contributed by atoms with E-state index in [-0.39, 0.29) is 16.9 Å². The predicted octanol–water partition coefficient (Wildman–Crippen LogP) is 3.20. The van der Waals surface area contributed by atoms with Gasteiger partial charge >= 0.3 is 6.18 Å². The maximum atomic E-state index is 13.5. The van der Waals surface area contributed by atoms with Gasteiger partial charge in [0.05, 0.1) is 12.1 Å². The molecule has 6 nitrogen and oxygen atoms in total. The van der Waals surface area contributed by atoms with Crippen molar-refractivity contribution >= 4 is 11.6 Å². The van der Waals surface area contributed by atoms with Crippen molar-refractivity contribution in [3.8, 4) is 5.75 Å². The predicted molar refractivity (Wildman–Crippen MR) is 93.2 cm³/mol. The summed E-state index contributed by atoms with van der Waals surface area (Å²) in [7, 11) is 1.29. The number of nitrogens with zero attached hydrogens (tertiary/aromatic N) is 2. The van der Waals surface area contributed by atoms with E-state index in [0.29, 0.717) is 0 Å². The Morgan fingerprint density at radius 2 is 1.89 bits per heavy atom. The fourth-order valence-corrected chi connectivity index (χ4v) is 2.60. The molecular weight excluding hydrogens is 363 g/mol. The molecule has 1 aromatic heterocycles. The van der Waals surface area contributed by atoms with E-state index in [9.17, 15) is 28.2 Å². The van der Waals surface area contributed by atoms with Crippen LogP contribution in [0.1, 0.15) is 38.6 Å². The van der Waals surface area contributed by atoms with E-state index >= 15 is 0 Å². The van der Waals surface area contributed by atoms with Crippen LogP contribution in [0.25, 0.3) is 0 Å². The van der Waals surface area contributed by atoms with Crippen molar-refractivity contribution in [3.63, 3.8) is 0 Å². The van der Waals surface area contributed by atoms with Crippen molar-refractivity contribution in [1.29, 1.82) is 0 Å². The lowest BCUT2D eigenvalue weighted by molar-refractivity contribution is -0.270. The van der Waals surface area contributed by atoms with Gasteiger partial charge in [0.25, 0.3) is 0 Å². The molecule has 0 bridgehead atoms. The third-order valence-corrected chi connectivity index (χ3v) is 4.21. The van der Waals surface area contributed by atoms with E-state index in [1.165, 1.54) is 25.4 Å². The second-order valence-electron chi connectivity index (χ2n) is 7.43. The molecule has 3 N–H and O–H groups in total. The highest BCUT2D eigenvalue weighted by Crippen LogP contribution is 2.41. The summed E-state index contributed by atoms with van der Waals surface area (Å²) < 4.78 is 41.5. The number of imidazole rings is 1. The van der Waals surface area contributed by atoms with Crippen LogP contribution in [0.4, 0.5) is 18.9 Å². The van der Waals surface area contributed by atoms with Crippen LogP contribution < -0.4 is 5.32 Å². The monoisotopic (exact) mass is 385 g/mol. The standard InChI is InChI=1S/C18H22F3N3O3/c1-16(2,3)11-5-6-13(25)12(9-11)23-14(26)10-17(27,18(19,20)21)15-22-7-8-24(15)4/h5-9,25,27H,10H2,1-4H3,(H,23,26). The third kappa shape index (κ3) is 4.24. The number of aliphatic hydroxyl groups is 1. The number of aryl methyl sites for hydroxylation is 1. The van der Waals surface area contributed by atoms with Crippen molar-refractivity contribution in [2.24, 2.45) is 7.05 Å². The van der Waals surface area contributed by atoms with Gasteiger partial charge in [-0.05, 0) is 23.1 Å². The minimum absolute atomic E-state index is 0.0308. The van der Waals surface area contributed by atoms with Gasteiger partial charge < -0.3 is 20.1 Å². The smallest absolute Gasteiger partial charge is 0.425 e. The lowest BCUT2D eigenvalue weighted by atomic mass is 9.87. The number of alkyl halides is 3. The van der Waals surface area contributed by atoms with Gasteiger partial charge in [0.15, 0.2) is 5.82 Å². The lowest BCUT2D eigenvalue weighted by Crippen LogP contribution is -2.46. The highest BCUT2D eigenvalue weighted by molar-refractivity contribution is 5.93. The summed E-state index contributed by atoms with van der Waals surface area (Å²) in [5, 5.41) is 22.4. The number of carbonyl (C=O) groups is 1. The molecule has 1 atom stereocenters. The molecular formula is C18H22F3N3O3. The molecule has 1 aromatic carbocycles. The Balaban J connectivity index is 2.32. The van der Waals surface area contributed by atoms with Crippen LogP contribution in [0.15, 0.2) is 30.6 Å². The second-order valence-corrected chi connectivity index (χ2v) is 7.43. The van der Waals surface area contributed by atoms with E-state index in [4.69, 9.17) is 0 Å². The van der Waals surface area contributed by atoms with Crippen molar-refractivity contribution in [1.82, 2.24) is 9.55 Å². The quantitative estimate of drug-likeness (QED) is 0.706. The van der Waals surface area contributed by atoms with Crippen LogP contribution in [-0.4, -0.2) is 31.8 Å². The zero-order chi connectivity index (χ0) is 20.6. The molecule has 2 aromatic rings. The van der Waals surface area contributed by atoms with E-state index in [2.05, 4.69) is 10.3 Å². The Bertz CT molecular complexity index is 840. The van der Waals surface area contributed by atoms with Crippen LogP contribution in [0.2, 0.25) is 0 Å². The second kappa shape index (κ2) is 6.88. The zero-order valence-electron chi connectivity index (χ0n) is 15.4. The van der Waals surface area contributed by atoms with Crippen LogP contribution in [0.5, 0.6) is 5.75 Å². The van der Waals surface area contributed by atoms with Crippen molar-refractivity contribution in [3.05, 3.63) is 42.0 Å². The molecule has 0 fully saturated rings. The number of phenols is 1. The Morgan fingerprint density at radius 3 is 2.37 bits per heavy atom. The van der Waals surface area contributed by atoms with Crippen molar-refractivity contribution in [2.75, 3.05) is 5.32 Å². The van der Waals surface area contributed by atoms with Gasteiger partial charge in [-0.3, -0.25) is 4.79 Å². The minimum Gasteiger partial charge on any atom is -0.506 e. The minimum atomic E-state index is -5.13. The average molecular weight is 385 g/mol. The van der Waals surface area contributed by atoms with Gasteiger partial charge in [0, 0.05) is 19.4 Å². The van der Waals surface area contributed by atoms with Crippen LogP contribution >= 0.6 is 0 Å². The number of nitrogens with one attached hydrogen (secondary N) is 1. The Labute approximate surface area is 154 Å². The first kappa shape index (κ1) is 20.8. The number of amides is 1. The van der Waals surface area contributed by atoms with Crippen LogP contribution in [0.3, 0.4) is 0 Å². The van der Waals surface area contributed by atoms with E-state index in [1.807, 2.05) is 20.8 Å². The molecule has 0 spiro atoms. The Hall–Kier alpha value is -2.55. The fourth-order valence-electron chi connectivity index (χ4n) is 2.60. The van der Waals surface area contributed by atoms with Gasteiger partial charge in [0.2, 0.25) is 11.5 Å². The maximum Gasteiger partial charge on any atom is 0.425 e. The number of anilines is 1. The first-order valence-electron chi connectivity index (χ1n) is 8.16. The van der Waals surface area contributed by atoms with Gasteiger partial charge in [-0.1, -0.05) is 26.8 Å². The molecule has 0 aliphatic heterocycles. The summed E-state index contributed by atoms with van der Waals surface area (Å²) in [5.41, 5.74) is -3.03. The molecule has 0 saturated carbocycles. The number of aromatic hydroxyl groups is 1. The third-order valence-electron chi connectivity index (χ3n) is 4.21. The van der Waals surface area contributed by atoms with Gasteiger partial charge in [-0.25, -0.2) is 4.98 Å². The molecule has 2 rings (SSSR count). The maximum absolute atomic E-state index is 13.5. The van der Waals surface area contributed by atoms with Crippen LogP contribution in [-0.2, 0) is 22.9 Å². The topological polar surface area (TPSA) is 87.4 Å². The van der Waals surface area contributed by atoms with Crippen molar-refractivity contribution in [2.45, 2.75) is 44.4 Å². The summed E-state index contributed by atoms with van der Waals surface area (Å²) in [6, 6.07) is 4.50. The highest BCUT2D eigenvalue weighted by atomic mass is 19.4. The summed E-state index contributed by atoms with van der Waals surface area (Å²) in [6.07, 6.45) is -4.09. The molecule has 0 aliphatic rings. The highest BCUT2D eigenvalue weighted by Gasteiger charge is 2.58. The number of hydrogen-bond acceptors (Lipinski definition) is 4. The Morgan fingerprint density at radius 1 is 1.26 bits per heavy atom. The Kier molecular flexibility index (Phi) is 5.29. The van der Waals surface area contributed by atoms with E-state index in [0.717, 1.165) is 16.3 Å². The van der Waals surface area contributed by atoms with Crippen LogP contribution in [0, 0.1) is 0 Å². The van der Waals surface area contributed by atoms with Crippen molar-refractivity contribution < 1.29 is 28.2 Å². The molecule has 27 heavy (non-hydrogen) atoms. The number of aromatic nitrogens is 2. The molecule has 1 unspecified atom stereocenters. The molecule has 9 heteroatoms. The molecule has 0 saturated heterocycles. The number of rotatable bonds is 4. The number of hydrogen-bond donors (Lipinski definition) is 3. The number of phenolic OH excluding ortho intramolecular Hbond substituents is 1. The number of carbonyl (C=O) groups excluding carboxylic acids is 1. The number of benzene rings is 1. The van der Waals surface area contributed by atoms with Gasteiger partial charge in [0.1, 0.15) is 5.75 Å². The molecule has 1 amide bonds. The van der Waals surface area contributed by atoms with Gasteiger partial charge in [-0.2, -0.15) is 13.2 Å². The first-order valence-corrected chi connectivity index (χ1v) is 8.16. The number of halogens is 3. The summed E-state index contributed by atoms with van der Waals surface area (Å²) in [5.74, 6) is -2.10. The normalized spacial score (nSPS) is 14.7. The molecule has 148 valence electrons. The first-order chi connectivity index (χ1) is 12.3. The van der Waals surface area contributed by atoms with Gasteiger partial charge in [-0.15, -0.1) is 0 Å². The zero-order valence-corrected chi connectivity index (χ0v) is 15.4. The summed E-state index contributed by atoms with van der Waals surface area (Å²) in [6.45, 7) is 5.73. The summed E-state index contributed by atoms with van der Waals surface area (Å²) in [4.78, 5) is 15.8. The molecule has 0 radical (unpaired) electrons. The summed E-state index contributed by atoms with van der Waals surface area (Å²) >= 11 is 0. The fraction of sp³-hybridized carbons (Fsp3) is 0.444. The largest absolute Gasteiger partial charge is 0.506 e. The average Bonchev–Trinajstić information content (AvgIpc) is 2.93. The lowest BCUT2D eigenvalue weighted by Gasteiger charge is -2.29. The SMILES string of the molecule is Cn1ccnc1C(O)(CC(=O)Nc1cc(C(C)(C)C)ccc1O)C(F)(F)F.